The highest BCUT2D eigenvalue weighted by Gasteiger charge is 2.19. The Kier molecular flexibility index (Phi) is 6.26. The SMILES string of the molecule is Cc1ccccc1[C@@H](OC[C@H](O)Cn1nc(C)c2ccccc2c1=O)c1ccccc1. The summed E-state index contributed by atoms with van der Waals surface area (Å²) in [7, 11) is 0. The van der Waals surface area contributed by atoms with E-state index in [4.69, 9.17) is 4.74 Å². The maximum absolute atomic E-state index is 12.8. The number of fused-ring (bicyclic) bond motifs is 1. The molecule has 0 spiro atoms. The fourth-order valence-electron chi connectivity index (χ4n) is 3.86. The Labute approximate surface area is 181 Å². The first kappa shape index (κ1) is 21.0. The molecule has 5 nitrogen and oxygen atoms in total. The molecular weight excluding hydrogens is 388 g/mol. The molecule has 1 heterocycles. The van der Waals surface area contributed by atoms with Crippen LogP contribution in [-0.2, 0) is 11.3 Å². The molecule has 0 saturated carbocycles. The van der Waals surface area contributed by atoms with Crippen LogP contribution < -0.4 is 5.56 Å². The molecule has 4 rings (SSSR count). The van der Waals surface area contributed by atoms with Crippen molar-refractivity contribution in [3.8, 4) is 0 Å². The number of aryl methyl sites for hydroxylation is 2. The molecule has 1 N–H and O–H groups in total. The third kappa shape index (κ3) is 4.58. The first-order valence-electron chi connectivity index (χ1n) is 10.4. The lowest BCUT2D eigenvalue weighted by atomic mass is 9.97. The van der Waals surface area contributed by atoms with Crippen molar-refractivity contribution in [2.45, 2.75) is 32.6 Å². The van der Waals surface area contributed by atoms with Crippen LogP contribution in [0.5, 0.6) is 0 Å². The van der Waals surface area contributed by atoms with E-state index in [1.807, 2.05) is 86.6 Å². The van der Waals surface area contributed by atoms with E-state index in [-0.39, 0.29) is 24.8 Å². The summed E-state index contributed by atoms with van der Waals surface area (Å²) >= 11 is 0. The van der Waals surface area contributed by atoms with Gasteiger partial charge in [-0.15, -0.1) is 0 Å². The van der Waals surface area contributed by atoms with Crippen molar-refractivity contribution in [1.82, 2.24) is 9.78 Å². The summed E-state index contributed by atoms with van der Waals surface area (Å²) in [6.45, 7) is 4.06. The molecule has 0 fully saturated rings. The van der Waals surface area contributed by atoms with Crippen LogP contribution in [-0.4, -0.2) is 27.6 Å². The van der Waals surface area contributed by atoms with Crippen LogP contribution in [0.15, 0.2) is 83.7 Å². The van der Waals surface area contributed by atoms with Crippen molar-refractivity contribution >= 4 is 10.8 Å². The maximum Gasteiger partial charge on any atom is 0.274 e. The number of rotatable bonds is 7. The largest absolute Gasteiger partial charge is 0.389 e. The average molecular weight is 415 g/mol. The number of aliphatic hydroxyl groups excluding tert-OH is 1. The number of hydrogen-bond acceptors (Lipinski definition) is 4. The third-order valence-corrected chi connectivity index (χ3v) is 5.46. The number of aromatic nitrogens is 2. The average Bonchev–Trinajstić information content (AvgIpc) is 2.79. The van der Waals surface area contributed by atoms with Gasteiger partial charge in [-0.3, -0.25) is 4.79 Å². The summed E-state index contributed by atoms with van der Waals surface area (Å²) in [5.74, 6) is 0. The number of nitrogens with zero attached hydrogens (tertiary/aromatic N) is 2. The Hall–Kier alpha value is -3.28. The molecular formula is C26H26N2O3. The van der Waals surface area contributed by atoms with Gasteiger partial charge in [-0.05, 0) is 36.6 Å². The van der Waals surface area contributed by atoms with Gasteiger partial charge in [0, 0.05) is 5.39 Å². The van der Waals surface area contributed by atoms with Crippen LogP contribution >= 0.6 is 0 Å². The molecule has 0 amide bonds. The zero-order chi connectivity index (χ0) is 21.8. The fourth-order valence-corrected chi connectivity index (χ4v) is 3.86. The molecule has 2 atom stereocenters. The molecule has 5 heteroatoms. The summed E-state index contributed by atoms with van der Waals surface area (Å²) in [6.07, 6.45) is -1.18. The van der Waals surface area contributed by atoms with Crippen LogP contribution in [0, 0.1) is 13.8 Å². The van der Waals surface area contributed by atoms with Gasteiger partial charge >= 0.3 is 0 Å². The minimum atomic E-state index is -0.874. The van der Waals surface area contributed by atoms with Crippen molar-refractivity contribution in [2.24, 2.45) is 0 Å². The fraction of sp³-hybridized carbons (Fsp3) is 0.231. The van der Waals surface area contributed by atoms with Gasteiger partial charge in [0.15, 0.2) is 0 Å². The van der Waals surface area contributed by atoms with E-state index >= 15 is 0 Å². The standard InChI is InChI=1S/C26H26N2O3/c1-18-10-6-7-13-22(18)25(20-11-4-3-5-12-20)31-17-21(29)16-28-26(30)24-15-9-8-14-23(24)19(2)27-28/h3-15,21,25,29H,16-17H2,1-2H3/t21-,25+/m1/s1. The summed E-state index contributed by atoms with van der Waals surface area (Å²) in [5.41, 5.74) is 3.73. The molecule has 0 saturated heterocycles. The van der Waals surface area contributed by atoms with Crippen molar-refractivity contribution in [1.29, 1.82) is 0 Å². The van der Waals surface area contributed by atoms with Crippen molar-refractivity contribution in [2.75, 3.05) is 6.61 Å². The molecule has 31 heavy (non-hydrogen) atoms. The van der Waals surface area contributed by atoms with E-state index < -0.39 is 6.10 Å². The van der Waals surface area contributed by atoms with Gasteiger partial charge in [0.05, 0.1) is 30.3 Å². The predicted octanol–water partition coefficient (Wildman–Crippen LogP) is 4.18. The van der Waals surface area contributed by atoms with E-state index in [9.17, 15) is 9.90 Å². The second-order valence-corrected chi connectivity index (χ2v) is 7.75. The molecule has 0 unspecified atom stereocenters. The number of hydrogen-bond donors (Lipinski definition) is 1. The first-order chi connectivity index (χ1) is 15.0. The first-order valence-corrected chi connectivity index (χ1v) is 10.4. The number of benzene rings is 3. The zero-order valence-corrected chi connectivity index (χ0v) is 17.7. The molecule has 158 valence electrons. The smallest absolute Gasteiger partial charge is 0.274 e. The Balaban J connectivity index is 1.55. The lowest BCUT2D eigenvalue weighted by molar-refractivity contribution is -0.00262. The van der Waals surface area contributed by atoms with Gasteiger partial charge in [-0.2, -0.15) is 5.10 Å². The van der Waals surface area contributed by atoms with Gasteiger partial charge in [-0.1, -0.05) is 72.8 Å². The Bertz CT molecular complexity index is 1230. The van der Waals surface area contributed by atoms with Crippen LogP contribution in [0.2, 0.25) is 0 Å². The summed E-state index contributed by atoms with van der Waals surface area (Å²) in [6, 6.07) is 25.4. The van der Waals surface area contributed by atoms with Crippen LogP contribution in [0.4, 0.5) is 0 Å². The molecule has 0 aliphatic heterocycles. The summed E-state index contributed by atoms with van der Waals surface area (Å²) in [5, 5.41) is 16.5. The lowest BCUT2D eigenvalue weighted by Crippen LogP contribution is -2.32. The highest BCUT2D eigenvalue weighted by molar-refractivity contribution is 5.83. The van der Waals surface area contributed by atoms with Gasteiger partial charge in [0.1, 0.15) is 6.10 Å². The summed E-state index contributed by atoms with van der Waals surface area (Å²) in [4.78, 5) is 12.8. The Morgan fingerprint density at radius 3 is 2.29 bits per heavy atom. The minimum absolute atomic E-state index is 0.0692. The highest BCUT2D eigenvalue weighted by Crippen LogP contribution is 2.28. The highest BCUT2D eigenvalue weighted by atomic mass is 16.5. The van der Waals surface area contributed by atoms with Crippen LogP contribution in [0.3, 0.4) is 0 Å². The van der Waals surface area contributed by atoms with Gasteiger partial charge in [0.25, 0.3) is 5.56 Å². The normalized spacial score (nSPS) is 13.3. The van der Waals surface area contributed by atoms with Crippen molar-refractivity contribution < 1.29 is 9.84 Å². The maximum atomic E-state index is 12.8. The quantitative estimate of drug-likeness (QED) is 0.493. The van der Waals surface area contributed by atoms with Gasteiger partial charge in [-0.25, -0.2) is 4.68 Å². The molecule has 0 radical (unpaired) electrons. The van der Waals surface area contributed by atoms with E-state index in [2.05, 4.69) is 5.10 Å². The molecule has 4 aromatic rings. The summed E-state index contributed by atoms with van der Waals surface area (Å²) < 4.78 is 7.52. The van der Waals surface area contributed by atoms with E-state index in [0.717, 1.165) is 27.8 Å². The van der Waals surface area contributed by atoms with Gasteiger partial charge < -0.3 is 9.84 Å². The van der Waals surface area contributed by atoms with Crippen LogP contribution in [0.25, 0.3) is 10.8 Å². The monoisotopic (exact) mass is 414 g/mol. The predicted molar refractivity (Wildman–Crippen MR) is 122 cm³/mol. The molecule has 0 aliphatic rings. The lowest BCUT2D eigenvalue weighted by Gasteiger charge is -2.22. The van der Waals surface area contributed by atoms with Crippen LogP contribution in [0.1, 0.15) is 28.5 Å². The van der Waals surface area contributed by atoms with E-state index in [1.54, 1.807) is 6.07 Å². The van der Waals surface area contributed by atoms with E-state index in [0.29, 0.717) is 5.39 Å². The molecule has 1 aromatic heterocycles. The third-order valence-electron chi connectivity index (χ3n) is 5.46. The Morgan fingerprint density at radius 1 is 0.903 bits per heavy atom. The van der Waals surface area contributed by atoms with E-state index in [1.165, 1.54) is 4.68 Å². The molecule has 3 aromatic carbocycles. The van der Waals surface area contributed by atoms with Crippen molar-refractivity contribution in [3.05, 3.63) is 112 Å². The second kappa shape index (κ2) is 9.25. The Morgan fingerprint density at radius 2 is 1.55 bits per heavy atom. The zero-order valence-electron chi connectivity index (χ0n) is 17.7. The van der Waals surface area contributed by atoms with Crippen molar-refractivity contribution in [3.63, 3.8) is 0 Å². The topological polar surface area (TPSA) is 64.3 Å². The van der Waals surface area contributed by atoms with Gasteiger partial charge in [0.2, 0.25) is 0 Å². The number of aliphatic hydroxyl groups is 1. The molecule has 0 aliphatic carbocycles. The molecule has 0 bridgehead atoms. The number of ether oxygens (including phenoxy) is 1. The second-order valence-electron chi connectivity index (χ2n) is 7.75. The minimum Gasteiger partial charge on any atom is -0.389 e.